The summed E-state index contributed by atoms with van der Waals surface area (Å²) in [5, 5.41) is 18.9. The second-order valence-corrected chi connectivity index (χ2v) is 6.25. The summed E-state index contributed by atoms with van der Waals surface area (Å²) in [6, 6.07) is 6.23. The Bertz CT molecular complexity index is 631. The maximum Gasteiger partial charge on any atom is 0.191 e. The maximum atomic E-state index is 8.96. The van der Waals surface area contributed by atoms with Crippen LogP contribution in [0, 0.1) is 17.2 Å². The van der Waals surface area contributed by atoms with Crippen LogP contribution in [-0.2, 0) is 7.05 Å². The molecule has 0 aliphatic heterocycles. The van der Waals surface area contributed by atoms with Crippen LogP contribution in [-0.4, -0.2) is 25.0 Å². The van der Waals surface area contributed by atoms with Crippen LogP contribution in [0.1, 0.15) is 19.3 Å². The van der Waals surface area contributed by atoms with Crippen molar-refractivity contribution in [3.63, 3.8) is 0 Å². The Hall–Kier alpha value is -1.87. The summed E-state index contributed by atoms with van der Waals surface area (Å²) >= 11 is 1.73. The Balaban J connectivity index is 1.77. The average molecular weight is 285 g/mol. The molecule has 2 heterocycles. The molecule has 0 unspecified atom stereocenters. The van der Waals surface area contributed by atoms with Gasteiger partial charge < -0.3 is 4.57 Å². The monoisotopic (exact) mass is 285 g/mol. The Morgan fingerprint density at radius 3 is 3.00 bits per heavy atom. The van der Waals surface area contributed by atoms with Crippen molar-refractivity contribution >= 4 is 11.8 Å². The third-order valence-corrected chi connectivity index (χ3v) is 4.92. The minimum Gasteiger partial charge on any atom is -0.305 e. The van der Waals surface area contributed by atoms with Gasteiger partial charge in [0.2, 0.25) is 0 Å². The Kier molecular flexibility index (Phi) is 3.70. The fourth-order valence-electron chi connectivity index (χ4n) is 2.48. The topological polar surface area (TPSA) is 67.4 Å². The van der Waals surface area contributed by atoms with Gasteiger partial charge >= 0.3 is 0 Å². The lowest BCUT2D eigenvalue weighted by molar-refractivity contribution is 0.702. The van der Waals surface area contributed by atoms with E-state index in [0.29, 0.717) is 5.25 Å². The molecule has 0 bridgehead atoms. The first-order valence-corrected chi connectivity index (χ1v) is 7.52. The summed E-state index contributed by atoms with van der Waals surface area (Å²) in [7, 11) is 1.97. The zero-order valence-corrected chi connectivity index (χ0v) is 12.0. The van der Waals surface area contributed by atoms with Gasteiger partial charge in [0.25, 0.3) is 0 Å². The van der Waals surface area contributed by atoms with Crippen molar-refractivity contribution in [1.29, 1.82) is 5.26 Å². The lowest BCUT2D eigenvalue weighted by atomic mass is 10.1. The van der Waals surface area contributed by atoms with E-state index in [1.165, 1.54) is 0 Å². The molecule has 3 rings (SSSR count). The highest BCUT2D eigenvalue weighted by molar-refractivity contribution is 7.99. The molecule has 20 heavy (non-hydrogen) atoms. The normalized spacial score (nSPS) is 21.8. The van der Waals surface area contributed by atoms with Gasteiger partial charge in [0.15, 0.2) is 11.0 Å². The van der Waals surface area contributed by atoms with Gasteiger partial charge in [-0.05, 0) is 31.4 Å². The number of rotatable bonds is 3. The first kappa shape index (κ1) is 13.1. The summed E-state index contributed by atoms with van der Waals surface area (Å²) < 4.78 is 2.00. The molecule has 0 spiro atoms. The second-order valence-electron chi connectivity index (χ2n) is 4.99. The minimum absolute atomic E-state index is 0.207. The zero-order valence-electron chi connectivity index (χ0n) is 11.2. The molecule has 1 saturated carbocycles. The van der Waals surface area contributed by atoms with Crippen LogP contribution in [0.5, 0.6) is 0 Å². The van der Waals surface area contributed by atoms with Crippen molar-refractivity contribution in [2.75, 3.05) is 0 Å². The molecule has 1 aliphatic rings. The van der Waals surface area contributed by atoms with Gasteiger partial charge in [-0.25, -0.2) is 0 Å². The molecule has 0 radical (unpaired) electrons. The van der Waals surface area contributed by atoms with Crippen molar-refractivity contribution in [1.82, 2.24) is 19.7 Å². The van der Waals surface area contributed by atoms with Crippen molar-refractivity contribution in [2.24, 2.45) is 13.0 Å². The number of thioether (sulfide) groups is 1. The van der Waals surface area contributed by atoms with Gasteiger partial charge in [0.1, 0.15) is 0 Å². The zero-order chi connectivity index (χ0) is 13.9. The highest BCUT2D eigenvalue weighted by Gasteiger charge is 2.27. The third-order valence-electron chi connectivity index (χ3n) is 3.59. The Morgan fingerprint density at radius 1 is 1.40 bits per heavy atom. The molecule has 0 aromatic carbocycles. The van der Waals surface area contributed by atoms with E-state index >= 15 is 0 Å². The fraction of sp³-hybridized carbons (Fsp3) is 0.429. The molecule has 1 fully saturated rings. The fourth-order valence-corrected chi connectivity index (χ4v) is 3.69. The van der Waals surface area contributed by atoms with Crippen molar-refractivity contribution in [3.8, 4) is 17.5 Å². The van der Waals surface area contributed by atoms with E-state index in [2.05, 4.69) is 21.3 Å². The minimum atomic E-state index is 0.207. The van der Waals surface area contributed by atoms with Gasteiger partial charge in [-0.3, -0.25) is 4.98 Å². The van der Waals surface area contributed by atoms with E-state index in [4.69, 9.17) is 5.26 Å². The van der Waals surface area contributed by atoms with Crippen molar-refractivity contribution < 1.29 is 0 Å². The van der Waals surface area contributed by atoms with Crippen LogP contribution in [0.2, 0.25) is 0 Å². The summed E-state index contributed by atoms with van der Waals surface area (Å²) in [6.07, 6.45) is 6.57. The van der Waals surface area contributed by atoms with Crippen LogP contribution in [0.15, 0.2) is 29.7 Å². The predicted octanol–water partition coefficient (Wildman–Crippen LogP) is 2.66. The van der Waals surface area contributed by atoms with Gasteiger partial charge in [-0.15, -0.1) is 10.2 Å². The molecular formula is C14H15N5S. The lowest BCUT2D eigenvalue weighted by Crippen LogP contribution is -2.01. The Morgan fingerprint density at radius 2 is 2.30 bits per heavy atom. The van der Waals surface area contributed by atoms with Crippen LogP contribution >= 0.6 is 11.8 Å². The predicted molar refractivity (Wildman–Crippen MR) is 76.8 cm³/mol. The van der Waals surface area contributed by atoms with Crippen LogP contribution < -0.4 is 0 Å². The van der Waals surface area contributed by atoms with Gasteiger partial charge in [-0.2, -0.15) is 5.26 Å². The molecule has 0 N–H and O–H groups in total. The van der Waals surface area contributed by atoms with Crippen LogP contribution in [0.3, 0.4) is 0 Å². The smallest absolute Gasteiger partial charge is 0.191 e. The molecule has 0 amide bonds. The lowest BCUT2D eigenvalue weighted by Gasteiger charge is -2.08. The first-order valence-electron chi connectivity index (χ1n) is 6.64. The number of hydrogen-bond acceptors (Lipinski definition) is 5. The third kappa shape index (κ3) is 2.54. The maximum absolute atomic E-state index is 8.96. The SMILES string of the molecule is Cn1c(S[C@H]2CC[C@H](C#N)C2)nnc1-c1cccnc1. The van der Waals surface area contributed by atoms with Gasteiger partial charge in [0.05, 0.1) is 6.07 Å². The van der Waals surface area contributed by atoms with E-state index in [-0.39, 0.29) is 5.92 Å². The number of aromatic nitrogens is 4. The van der Waals surface area contributed by atoms with E-state index in [0.717, 1.165) is 35.8 Å². The quantitative estimate of drug-likeness (QED) is 0.867. The molecule has 0 saturated heterocycles. The van der Waals surface area contributed by atoms with Crippen LogP contribution in [0.25, 0.3) is 11.4 Å². The van der Waals surface area contributed by atoms with E-state index in [1.54, 1.807) is 24.2 Å². The van der Waals surface area contributed by atoms with Gasteiger partial charge in [0, 0.05) is 36.2 Å². The first-order chi connectivity index (χ1) is 9.78. The highest BCUT2D eigenvalue weighted by atomic mass is 32.2. The molecule has 2 aromatic rings. The van der Waals surface area contributed by atoms with Crippen molar-refractivity contribution in [2.45, 2.75) is 29.7 Å². The second kappa shape index (κ2) is 5.63. The summed E-state index contributed by atoms with van der Waals surface area (Å²) in [5.41, 5.74) is 0.968. The molecule has 5 nitrogen and oxygen atoms in total. The number of pyridine rings is 1. The molecule has 2 atom stereocenters. The highest BCUT2D eigenvalue weighted by Crippen LogP contribution is 2.37. The molecular weight excluding hydrogens is 270 g/mol. The van der Waals surface area contributed by atoms with Crippen molar-refractivity contribution in [3.05, 3.63) is 24.5 Å². The molecule has 102 valence electrons. The Labute approximate surface area is 122 Å². The van der Waals surface area contributed by atoms with Crippen LogP contribution in [0.4, 0.5) is 0 Å². The number of nitriles is 1. The summed E-state index contributed by atoms with van der Waals surface area (Å²) in [4.78, 5) is 4.11. The standard InChI is InChI=1S/C14H15N5S/c1-19-13(11-3-2-6-16-9-11)17-18-14(19)20-12-5-4-10(7-12)8-15/h2-3,6,9-10,12H,4-5,7H2,1H3/t10-,12-/m0/s1. The summed E-state index contributed by atoms with van der Waals surface area (Å²) in [5.74, 6) is 1.04. The number of hydrogen-bond donors (Lipinski definition) is 0. The summed E-state index contributed by atoms with van der Waals surface area (Å²) in [6.45, 7) is 0. The van der Waals surface area contributed by atoms with E-state index in [1.807, 2.05) is 23.7 Å². The molecule has 6 heteroatoms. The average Bonchev–Trinajstić information content (AvgIpc) is 3.08. The molecule has 1 aliphatic carbocycles. The number of nitrogens with zero attached hydrogens (tertiary/aromatic N) is 5. The largest absolute Gasteiger partial charge is 0.305 e. The van der Waals surface area contributed by atoms with E-state index in [9.17, 15) is 0 Å². The molecule has 2 aromatic heterocycles. The van der Waals surface area contributed by atoms with E-state index < -0.39 is 0 Å². The van der Waals surface area contributed by atoms with Gasteiger partial charge in [-0.1, -0.05) is 11.8 Å².